The van der Waals surface area contributed by atoms with Crippen LogP contribution in [0.1, 0.15) is 10.5 Å². The molecule has 142 valence electrons. The van der Waals surface area contributed by atoms with Crippen molar-refractivity contribution in [3.8, 4) is 28.3 Å². The highest BCUT2D eigenvalue weighted by molar-refractivity contribution is 6.03. The van der Waals surface area contributed by atoms with Crippen LogP contribution in [0.25, 0.3) is 22.4 Å². The minimum atomic E-state index is -0.292. The van der Waals surface area contributed by atoms with Crippen LogP contribution in [0.2, 0.25) is 0 Å². The summed E-state index contributed by atoms with van der Waals surface area (Å²) in [5, 5.41) is 2.80. The summed E-state index contributed by atoms with van der Waals surface area (Å²) in [4.78, 5) is 21.2. The SMILES string of the molecule is COc1ccc(NC(=O)c2cccc(-c3ccc(-c4ccccc4)cc3)n2)cn1. The largest absolute Gasteiger partial charge is 0.481 e. The summed E-state index contributed by atoms with van der Waals surface area (Å²) < 4.78 is 5.02. The van der Waals surface area contributed by atoms with E-state index >= 15 is 0 Å². The lowest BCUT2D eigenvalue weighted by Gasteiger charge is -2.08. The van der Waals surface area contributed by atoms with Crippen molar-refractivity contribution in [1.29, 1.82) is 0 Å². The van der Waals surface area contributed by atoms with E-state index in [1.165, 1.54) is 0 Å². The smallest absolute Gasteiger partial charge is 0.274 e. The lowest BCUT2D eigenvalue weighted by molar-refractivity contribution is 0.102. The fourth-order valence-electron chi connectivity index (χ4n) is 2.96. The number of carbonyl (C=O) groups is 1. The molecule has 0 atom stereocenters. The number of nitrogens with zero attached hydrogens (tertiary/aromatic N) is 2. The van der Waals surface area contributed by atoms with Crippen LogP contribution < -0.4 is 10.1 Å². The van der Waals surface area contributed by atoms with E-state index in [9.17, 15) is 4.79 Å². The first-order valence-corrected chi connectivity index (χ1v) is 9.17. The van der Waals surface area contributed by atoms with Crippen molar-refractivity contribution in [2.75, 3.05) is 12.4 Å². The molecule has 5 nitrogen and oxygen atoms in total. The topological polar surface area (TPSA) is 64.1 Å². The number of hydrogen-bond donors (Lipinski definition) is 1. The summed E-state index contributed by atoms with van der Waals surface area (Å²) in [6.07, 6.45) is 1.54. The maximum absolute atomic E-state index is 12.6. The van der Waals surface area contributed by atoms with Gasteiger partial charge in [0.2, 0.25) is 5.88 Å². The Morgan fingerprint density at radius 2 is 1.52 bits per heavy atom. The molecule has 0 aliphatic heterocycles. The van der Waals surface area contributed by atoms with E-state index in [0.29, 0.717) is 17.3 Å². The molecule has 2 aromatic carbocycles. The Balaban J connectivity index is 1.52. The van der Waals surface area contributed by atoms with Crippen molar-refractivity contribution >= 4 is 11.6 Å². The quantitative estimate of drug-likeness (QED) is 0.524. The number of rotatable bonds is 5. The molecule has 0 spiro atoms. The standard InChI is InChI=1S/C24H19N3O2/c1-29-23-15-14-20(16-25-23)26-24(28)22-9-5-8-21(27-22)19-12-10-18(11-13-19)17-6-3-2-4-7-17/h2-16H,1H3,(H,26,28). The third-order valence-electron chi connectivity index (χ3n) is 4.47. The van der Waals surface area contributed by atoms with Gasteiger partial charge in [-0.2, -0.15) is 0 Å². The molecule has 0 radical (unpaired) electrons. The zero-order valence-corrected chi connectivity index (χ0v) is 15.9. The van der Waals surface area contributed by atoms with Crippen molar-refractivity contribution in [1.82, 2.24) is 9.97 Å². The molecular formula is C24H19N3O2. The molecule has 29 heavy (non-hydrogen) atoms. The molecule has 0 saturated carbocycles. The molecule has 0 saturated heterocycles. The summed E-state index contributed by atoms with van der Waals surface area (Å²) in [7, 11) is 1.54. The molecule has 0 bridgehead atoms. The molecule has 0 aliphatic carbocycles. The highest BCUT2D eigenvalue weighted by atomic mass is 16.5. The Morgan fingerprint density at radius 1 is 0.793 bits per heavy atom. The Labute approximate surface area is 169 Å². The average molecular weight is 381 g/mol. The molecule has 4 rings (SSSR count). The Kier molecular flexibility index (Phi) is 5.29. The minimum Gasteiger partial charge on any atom is -0.481 e. The number of methoxy groups -OCH3 is 1. The van der Waals surface area contributed by atoms with Gasteiger partial charge in [0.05, 0.1) is 24.7 Å². The lowest BCUT2D eigenvalue weighted by atomic mass is 10.0. The fourth-order valence-corrected chi connectivity index (χ4v) is 2.96. The third kappa shape index (κ3) is 4.30. The second kappa shape index (κ2) is 8.35. The molecule has 5 heteroatoms. The van der Waals surface area contributed by atoms with Crippen molar-refractivity contribution in [3.63, 3.8) is 0 Å². The molecular weight excluding hydrogens is 362 g/mol. The van der Waals surface area contributed by atoms with Crippen LogP contribution in [-0.4, -0.2) is 23.0 Å². The minimum absolute atomic E-state index is 0.292. The Hall–Kier alpha value is -3.99. The summed E-state index contributed by atoms with van der Waals surface area (Å²) in [6.45, 7) is 0. The van der Waals surface area contributed by atoms with Crippen LogP contribution in [-0.2, 0) is 0 Å². The van der Waals surface area contributed by atoms with E-state index in [4.69, 9.17) is 4.74 Å². The van der Waals surface area contributed by atoms with Gasteiger partial charge in [0, 0.05) is 11.6 Å². The zero-order valence-electron chi connectivity index (χ0n) is 15.9. The number of aromatic nitrogens is 2. The number of carbonyl (C=O) groups excluding carboxylic acids is 1. The van der Waals surface area contributed by atoms with Crippen LogP contribution in [0, 0.1) is 0 Å². The first-order chi connectivity index (χ1) is 14.2. The average Bonchev–Trinajstić information content (AvgIpc) is 2.80. The molecule has 4 aromatic rings. The molecule has 0 fully saturated rings. The maximum Gasteiger partial charge on any atom is 0.274 e. The number of amides is 1. The highest BCUT2D eigenvalue weighted by Crippen LogP contribution is 2.24. The van der Waals surface area contributed by atoms with E-state index < -0.39 is 0 Å². The number of benzene rings is 2. The second-order valence-corrected chi connectivity index (χ2v) is 6.39. The summed E-state index contributed by atoms with van der Waals surface area (Å²) in [5.74, 6) is 0.196. The summed E-state index contributed by atoms with van der Waals surface area (Å²) >= 11 is 0. The summed E-state index contributed by atoms with van der Waals surface area (Å²) in [6, 6.07) is 27.2. The van der Waals surface area contributed by atoms with Crippen molar-refractivity contribution in [3.05, 3.63) is 96.8 Å². The normalized spacial score (nSPS) is 10.4. The van der Waals surface area contributed by atoms with Crippen LogP contribution in [0.5, 0.6) is 5.88 Å². The first kappa shape index (κ1) is 18.4. The van der Waals surface area contributed by atoms with Gasteiger partial charge >= 0.3 is 0 Å². The maximum atomic E-state index is 12.6. The van der Waals surface area contributed by atoms with Gasteiger partial charge in [-0.1, -0.05) is 60.7 Å². The number of anilines is 1. The third-order valence-corrected chi connectivity index (χ3v) is 4.47. The zero-order chi connectivity index (χ0) is 20.1. The van der Waals surface area contributed by atoms with E-state index in [1.54, 1.807) is 31.5 Å². The van der Waals surface area contributed by atoms with Crippen molar-refractivity contribution < 1.29 is 9.53 Å². The van der Waals surface area contributed by atoms with Gasteiger partial charge in [-0.25, -0.2) is 9.97 Å². The summed E-state index contributed by atoms with van der Waals surface area (Å²) in [5.41, 5.74) is 4.90. The fraction of sp³-hybridized carbons (Fsp3) is 0.0417. The second-order valence-electron chi connectivity index (χ2n) is 6.39. The van der Waals surface area contributed by atoms with Crippen LogP contribution in [0.15, 0.2) is 91.1 Å². The van der Waals surface area contributed by atoms with Gasteiger partial charge in [-0.15, -0.1) is 0 Å². The number of hydrogen-bond acceptors (Lipinski definition) is 4. The number of ether oxygens (including phenoxy) is 1. The van der Waals surface area contributed by atoms with E-state index in [1.807, 2.05) is 42.5 Å². The van der Waals surface area contributed by atoms with Crippen LogP contribution in [0.3, 0.4) is 0 Å². The van der Waals surface area contributed by atoms with E-state index in [2.05, 4.69) is 39.6 Å². The van der Waals surface area contributed by atoms with Gasteiger partial charge in [-0.3, -0.25) is 4.79 Å². The number of nitrogens with one attached hydrogen (secondary N) is 1. The van der Waals surface area contributed by atoms with Gasteiger partial charge in [-0.05, 0) is 29.3 Å². The van der Waals surface area contributed by atoms with Gasteiger partial charge in [0.1, 0.15) is 5.69 Å². The predicted molar refractivity (Wildman–Crippen MR) is 114 cm³/mol. The van der Waals surface area contributed by atoms with Crippen molar-refractivity contribution in [2.45, 2.75) is 0 Å². The predicted octanol–water partition coefficient (Wildman–Crippen LogP) is 5.07. The molecule has 0 unspecified atom stereocenters. The van der Waals surface area contributed by atoms with Crippen molar-refractivity contribution in [2.24, 2.45) is 0 Å². The molecule has 1 N–H and O–H groups in total. The van der Waals surface area contributed by atoms with Gasteiger partial charge < -0.3 is 10.1 Å². The van der Waals surface area contributed by atoms with Crippen LogP contribution >= 0.6 is 0 Å². The van der Waals surface area contributed by atoms with Gasteiger partial charge in [0.15, 0.2) is 0 Å². The Bertz CT molecular complexity index is 1110. The molecule has 0 aliphatic rings. The van der Waals surface area contributed by atoms with Gasteiger partial charge in [0.25, 0.3) is 5.91 Å². The Morgan fingerprint density at radius 3 is 2.21 bits per heavy atom. The van der Waals surface area contributed by atoms with E-state index in [0.717, 1.165) is 22.4 Å². The monoisotopic (exact) mass is 381 g/mol. The van der Waals surface area contributed by atoms with E-state index in [-0.39, 0.29) is 5.91 Å². The molecule has 1 amide bonds. The molecule has 2 aromatic heterocycles. The first-order valence-electron chi connectivity index (χ1n) is 9.17. The lowest BCUT2D eigenvalue weighted by Crippen LogP contribution is -2.14. The molecule has 2 heterocycles. The van der Waals surface area contributed by atoms with Crippen LogP contribution in [0.4, 0.5) is 5.69 Å². The highest BCUT2D eigenvalue weighted by Gasteiger charge is 2.10. The number of pyridine rings is 2.